The highest BCUT2D eigenvalue weighted by molar-refractivity contribution is 5.90. The first-order chi connectivity index (χ1) is 11.3. The molecule has 0 amide bonds. The molecule has 1 aliphatic heterocycles. The Kier molecular flexibility index (Phi) is 2.94. The highest BCUT2D eigenvalue weighted by atomic mass is 16.6. The number of hydrogen-bond donors (Lipinski definition) is 1. The maximum Gasteiger partial charge on any atom is 0.164 e. The van der Waals surface area contributed by atoms with Gasteiger partial charge < -0.3 is 9.84 Å². The summed E-state index contributed by atoms with van der Waals surface area (Å²) in [6, 6.07) is 0. The molecule has 3 nitrogen and oxygen atoms in total. The van der Waals surface area contributed by atoms with Crippen LogP contribution in [-0.2, 0) is 9.53 Å². The SMILES string of the molecule is CC(=O)[C@@]12O[C@H]1C[C@H]1[C@@H]3CC=C4C[C@H](O)CC[C@]4(C)[C@H]3CC[C@@]12C. The normalized spacial score (nSPS) is 58.0. The molecule has 0 spiro atoms. The lowest BCUT2D eigenvalue weighted by Gasteiger charge is -2.58. The predicted octanol–water partition coefficient (Wildman–Crippen LogP) is 3.65. The van der Waals surface area contributed by atoms with E-state index in [9.17, 15) is 9.90 Å². The Morgan fingerprint density at radius 2 is 2.04 bits per heavy atom. The zero-order valence-corrected chi connectivity index (χ0v) is 15.2. The van der Waals surface area contributed by atoms with Crippen molar-refractivity contribution < 1.29 is 14.6 Å². The van der Waals surface area contributed by atoms with Crippen molar-refractivity contribution in [3.63, 3.8) is 0 Å². The number of ketones is 1. The summed E-state index contributed by atoms with van der Waals surface area (Å²) in [7, 11) is 0. The summed E-state index contributed by atoms with van der Waals surface area (Å²) in [5.41, 5.74) is 1.39. The van der Waals surface area contributed by atoms with Gasteiger partial charge >= 0.3 is 0 Å². The summed E-state index contributed by atoms with van der Waals surface area (Å²) in [5, 5.41) is 10.1. The van der Waals surface area contributed by atoms with E-state index in [0.717, 1.165) is 44.4 Å². The number of fused-ring (bicyclic) bond motifs is 7. The van der Waals surface area contributed by atoms with Crippen LogP contribution in [-0.4, -0.2) is 28.7 Å². The van der Waals surface area contributed by atoms with Gasteiger partial charge in [0.05, 0.1) is 12.2 Å². The van der Waals surface area contributed by atoms with E-state index in [-0.39, 0.29) is 28.8 Å². The summed E-state index contributed by atoms with van der Waals surface area (Å²) >= 11 is 0. The monoisotopic (exact) mass is 330 g/mol. The van der Waals surface area contributed by atoms with Crippen LogP contribution in [0.1, 0.15) is 65.7 Å². The number of aliphatic hydroxyl groups is 1. The molecule has 5 rings (SSSR count). The lowest BCUT2D eigenvalue weighted by atomic mass is 9.47. The van der Waals surface area contributed by atoms with Crippen LogP contribution in [0.25, 0.3) is 0 Å². The lowest BCUT2D eigenvalue weighted by Crippen LogP contribution is -2.54. The Labute approximate surface area is 144 Å². The fraction of sp³-hybridized carbons (Fsp3) is 0.857. The van der Waals surface area contributed by atoms with Crippen molar-refractivity contribution in [1.29, 1.82) is 0 Å². The molecule has 132 valence electrons. The molecule has 0 unspecified atom stereocenters. The fourth-order valence-electron chi connectivity index (χ4n) is 7.71. The highest BCUT2D eigenvalue weighted by Gasteiger charge is 2.79. The van der Waals surface area contributed by atoms with E-state index in [2.05, 4.69) is 19.9 Å². The number of ether oxygens (including phenoxy) is 1. The van der Waals surface area contributed by atoms with Crippen LogP contribution in [0, 0.1) is 28.6 Å². The van der Waals surface area contributed by atoms with Crippen LogP contribution >= 0.6 is 0 Å². The van der Waals surface area contributed by atoms with Crippen LogP contribution in [0.2, 0.25) is 0 Å². The molecule has 1 saturated heterocycles. The molecule has 3 heteroatoms. The Balaban J connectivity index is 1.51. The first kappa shape index (κ1) is 15.6. The van der Waals surface area contributed by atoms with Gasteiger partial charge in [0.25, 0.3) is 0 Å². The third-order valence-corrected chi connectivity index (χ3v) is 9.03. The van der Waals surface area contributed by atoms with Gasteiger partial charge in [-0.05, 0) is 75.0 Å². The molecule has 1 heterocycles. The van der Waals surface area contributed by atoms with E-state index in [4.69, 9.17) is 4.74 Å². The summed E-state index contributed by atoms with van der Waals surface area (Å²) in [6.07, 6.45) is 10.0. The molecule has 0 bridgehead atoms. The molecule has 3 saturated carbocycles. The quantitative estimate of drug-likeness (QED) is 0.590. The van der Waals surface area contributed by atoms with Crippen LogP contribution in [0.4, 0.5) is 0 Å². The molecule has 4 aliphatic carbocycles. The molecule has 0 radical (unpaired) electrons. The first-order valence-electron chi connectivity index (χ1n) is 9.89. The molecule has 8 atom stereocenters. The molecular formula is C21H30O3. The number of Topliss-reactive ketones (excluding diaryl/α,β-unsaturated/α-hetero) is 1. The van der Waals surface area contributed by atoms with Gasteiger partial charge in [0.1, 0.15) is 0 Å². The van der Waals surface area contributed by atoms with Gasteiger partial charge in [-0.25, -0.2) is 0 Å². The number of epoxide rings is 1. The Morgan fingerprint density at radius 3 is 2.79 bits per heavy atom. The van der Waals surface area contributed by atoms with Crippen molar-refractivity contribution in [3.8, 4) is 0 Å². The van der Waals surface area contributed by atoms with Gasteiger partial charge in [-0.2, -0.15) is 0 Å². The number of allylic oxidation sites excluding steroid dienone is 1. The summed E-state index contributed by atoms with van der Waals surface area (Å²) in [4.78, 5) is 12.4. The highest BCUT2D eigenvalue weighted by Crippen LogP contribution is 2.73. The first-order valence-corrected chi connectivity index (χ1v) is 9.89. The minimum atomic E-state index is -0.448. The number of aliphatic hydroxyl groups excluding tert-OH is 1. The zero-order valence-electron chi connectivity index (χ0n) is 15.2. The van der Waals surface area contributed by atoms with Gasteiger partial charge in [-0.3, -0.25) is 4.79 Å². The minimum Gasteiger partial charge on any atom is -0.393 e. The second-order valence-electron chi connectivity index (χ2n) is 9.75. The van der Waals surface area contributed by atoms with Gasteiger partial charge in [0.2, 0.25) is 0 Å². The Bertz CT molecular complexity index is 639. The lowest BCUT2D eigenvalue weighted by molar-refractivity contribution is -0.135. The van der Waals surface area contributed by atoms with Crippen molar-refractivity contribution in [2.45, 2.75) is 83.5 Å². The maximum atomic E-state index is 12.4. The zero-order chi connectivity index (χ0) is 16.9. The third-order valence-electron chi connectivity index (χ3n) is 9.03. The van der Waals surface area contributed by atoms with E-state index >= 15 is 0 Å². The number of rotatable bonds is 1. The average Bonchev–Trinajstić information content (AvgIpc) is 3.21. The van der Waals surface area contributed by atoms with Gasteiger partial charge in [0, 0.05) is 5.41 Å². The molecule has 0 aromatic carbocycles. The molecule has 4 fully saturated rings. The van der Waals surface area contributed by atoms with E-state index in [0.29, 0.717) is 11.8 Å². The van der Waals surface area contributed by atoms with Crippen LogP contribution < -0.4 is 0 Å². The van der Waals surface area contributed by atoms with Crippen LogP contribution in [0.15, 0.2) is 11.6 Å². The molecule has 0 aromatic heterocycles. The van der Waals surface area contributed by atoms with Crippen LogP contribution in [0.3, 0.4) is 0 Å². The van der Waals surface area contributed by atoms with E-state index < -0.39 is 5.60 Å². The standard InChI is InChI=1S/C21H30O3/c1-12(22)21-18(24-21)11-17-15-5-4-13-10-14(23)6-8-19(13,2)16(15)7-9-20(17,21)3/h4,14-18,23H,5-11H2,1-3H3/t14-,15-,16+,17+,18+,19+,20+,21-/m1/s1. The van der Waals surface area contributed by atoms with Gasteiger partial charge in [-0.15, -0.1) is 0 Å². The van der Waals surface area contributed by atoms with Crippen molar-refractivity contribution in [2.75, 3.05) is 0 Å². The largest absolute Gasteiger partial charge is 0.393 e. The summed E-state index contributed by atoms with van der Waals surface area (Å²) < 4.78 is 6.00. The number of carbonyl (C=O) groups is 1. The van der Waals surface area contributed by atoms with Crippen molar-refractivity contribution >= 4 is 5.78 Å². The maximum absolute atomic E-state index is 12.4. The average molecular weight is 330 g/mol. The summed E-state index contributed by atoms with van der Waals surface area (Å²) in [6.45, 7) is 6.54. The van der Waals surface area contributed by atoms with E-state index in [1.165, 1.54) is 12.0 Å². The molecule has 0 aromatic rings. The smallest absolute Gasteiger partial charge is 0.164 e. The van der Waals surface area contributed by atoms with Crippen molar-refractivity contribution in [2.24, 2.45) is 28.6 Å². The van der Waals surface area contributed by atoms with Gasteiger partial charge in [0.15, 0.2) is 11.4 Å². The Hall–Kier alpha value is -0.670. The van der Waals surface area contributed by atoms with E-state index in [1.807, 2.05) is 0 Å². The Morgan fingerprint density at radius 1 is 1.25 bits per heavy atom. The minimum absolute atomic E-state index is 0.0422. The molecular weight excluding hydrogens is 300 g/mol. The fourth-order valence-corrected chi connectivity index (χ4v) is 7.71. The molecule has 24 heavy (non-hydrogen) atoms. The van der Waals surface area contributed by atoms with Crippen molar-refractivity contribution in [1.82, 2.24) is 0 Å². The second kappa shape index (κ2) is 4.54. The van der Waals surface area contributed by atoms with Gasteiger partial charge in [-0.1, -0.05) is 25.5 Å². The number of hydrogen-bond acceptors (Lipinski definition) is 3. The van der Waals surface area contributed by atoms with Crippen LogP contribution in [0.5, 0.6) is 0 Å². The topological polar surface area (TPSA) is 49.8 Å². The predicted molar refractivity (Wildman–Crippen MR) is 91.4 cm³/mol. The third kappa shape index (κ3) is 1.60. The number of carbonyl (C=O) groups excluding carboxylic acids is 1. The second-order valence-corrected chi connectivity index (χ2v) is 9.75. The summed E-state index contributed by atoms with van der Waals surface area (Å²) in [5.74, 6) is 2.31. The van der Waals surface area contributed by atoms with Crippen molar-refractivity contribution in [3.05, 3.63) is 11.6 Å². The molecule has 5 aliphatic rings. The van der Waals surface area contributed by atoms with E-state index in [1.54, 1.807) is 6.92 Å². The molecule has 1 N–H and O–H groups in total.